The Hall–Kier alpha value is -4.51. The lowest BCUT2D eigenvalue weighted by atomic mass is 10.1. The summed E-state index contributed by atoms with van der Waals surface area (Å²) in [4.78, 5) is 23.7. The second-order valence-corrected chi connectivity index (χ2v) is 13.1. The number of hydrogen-bond acceptors (Lipinski definition) is 9. The first kappa shape index (κ1) is 36.3. The number of aryl methyl sites for hydroxylation is 1. The van der Waals surface area contributed by atoms with E-state index in [0.717, 1.165) is 9.87 Å². The molecule has 1 unspecified atom stereocenters. The Bertz CT molecular complexity index is 1680. The highest BCUT2D eigenvalue weighted by molar-refractivity contribution is 7.93. The summed E-state index contributed by atoms with van der Waals surface area (Å²) in [6.07, 6.45) is -5.28. The lowest BCUT2D eigenvalue weighted by molar-refractivity contribution is -0.242. The molecule has 2 heterocycles. The quantitative estimate of drug-likeness (QED) is 0.225. The number of sulfonamides is 1. The predicted molar refractivity (Wildman–Crippen MR) is 168 cm³/mol. The molecule has 13 nitrogen and oxygen atoms in total. The first-order valence-electron chi connectivity index (χ1n) is 15.1. The van der Waals surface area contributed by atoms with Crippen molar-refractivity contribution in [1.29, 1.82) is 0 Å². The van der Waals surface area contributed by atoms with Crippen LogP contribution in [0.25, 0.3) is 0 Å². The summed E-state index contributed by atoms with van der Waals surface area (Å²) in [6.45, 7) is 5.38. The lowest BCUT2D eigenvalue weighted by Gasteiger charge is -2.35. The second kappa shape index (κ2) is 15.1. The van der Waals surface area contributed by atoms with Gasteiger partial charge in [-0.25, -0.2) is 13.2 Å². The van der Waals surface area contributed by atoms with Gasteiger partial charge in [-0.15, -0.1) is 5.10 Å². The molecule has 0 bridgehead atoms. The van der Waals surface area contributed by atoms with E-state index in [1.54, 1.807) is 6.92 Å². The Morgan fingerprint density at radius 2 is 1.83 bits per heavy atom. The Labute approximate surface area is 276 Å². The molecule has 0 saturated carbocycles. The van der Waals surface area contributed by atoms with Crippen molar-refractivity contribution in [3.63, 3.8) is 0 Å². The van der Waals surface area contributed by atoms with E-state index in [-0.39, 0.29) is 53.5 Å². The van der Waals surface area contributed by atoms with Crippen LogP contribution in [-0.2, 0) is 37.4 Å². The van der Waals surface area contributed by atoms with Crippen LogP contribution >= 0.6 is 0 Å². The van der Waals surface area contributed by atoms with Gasteiger partial charge in [0.05, 0.1) is 38.6 Å². The van der Waals surface area contributed by atoms with Crippen LogP contribution in [0.1, 0.15) is 39.7 Å². The van der Waals surface area contributed by atoms with Crippen LogP contribution in [0.15, 0.2) is 59.6 Å². The van der Waals surface area contributed by atoms with Crippen molar-refractivity contribution < 1.29 is 50.1 Å². The van der Waals surface area contributed by atoms with Gasteiger partial charge in [-0.3, -0.25) is 19.1 Å². The molecule has 0 spiro atoms. The lowest BCUT2D eigenvalue weighted by Crippen LogP contribution is -2.48. The van der Waals surface area contributed by atoms with Crippen molar-refractivity contribution in [3.8, 4) is 11.6 Å². The Balaban J connectivity index is 1.56. The molecule has 1 aliphatic heterocycles. The molecule has 48 heavy (non-hydrogen) atoms. The first-order chi connectivity index (χ1) is 22.6. The summed E-state index contributed by atoms with van der Waals surface area (Å²) in [5.74, 6) is -0.416. The first-order valence-corrected chi connectivity index (χ1v) is 16.5. The van der Waals surface area contributed by atoms with E-state index in [4.69, 9.17) is 14.2 Å². The summed E-state index contributed by atoms with van der Waals surface area (Å²) < 4.78 is 92.8. The van der Waals surface area contributed by atoms with Gasteiger partial charge in [-0.1, -0.05) is 30.3 Å². The second-order valence-electron chi connectivity index (χ2n) is 11.3. The van der Waals surface area contributed by atoms with Crippen LogP contribution < -0.4 is 24.4 Å². The number of benzene rings is 2. The average molecular weight is 698 g/mol. The van der Waals surface area contributed by atoms with Crippen LogP contribution in [0.4, 0.5) is 29.3 Å². The van der Waals surface area contributed by atoms with E-state index in [9.17, 15) is 31.2 Å². The zero-order chi connectivity index (χ0) is 35.1. The number of carbonyl (C=O) groups is 2. The third-order valence-corrected chi connectivity index (χ3v) is 8.88. The molecular weight excluding hydrogens is 659 g/mol. The van der Waals surface area contributed by atoms with Gasteiger partial charge in [0.25, 0.3) is 15.9 Å². The zero-order valence-corrected chi connectivity index (χ0v) is 27.7. The largest absolute Gasteiger partial charge is 0.484 e. The molecule has 1 aliphatic rings. The molecule has 1 atom stereocenters. The fourth-order valence-electron chi connectivity index (χ4n) is 4.45. The number of aromatic nitrogens is 2. The van der Waals surface area contributed by atoms with Crippen LogP contribution in [0, 0.1) is 0 Å². The molecule has 17 heteroatoms. The van der Waals surface area contributed by atoms with E-state index in [2.05, 4.69) is 20.5 Å². The van der Waals surface area contributed by atoms with Gasteiger partial charge in [-0.05, 0) is 44.5 Å². The van der Waals surface area contributed by atoms with Gasteiger partial charge in [0.2, 0.25) is 11.5 Å². The monoisotopic (exact) mass is 697 g/mol. The molecule has 2 aromatic carbocycles. The number of anilines is 2. The molecule has 3 aromatic rings. The number of nitrogens with one attached hydrogen (secondary N) is 2. The molecule has 262 valence electrons. The van der Waals surface area contributed by atoms with E-state index in [1.165, 1.54) is 36.0 Å². The average Bonchev–Trinajstić information content (AvgIpc) is 3.45. The number of nitrogens with zero attached hydrogens (tertiary/aromatic N) is 3. The molecule has 4 rings (SSSR count). The smallest absolute Gasteiger partial charge is 0.427 e. The molecule has 0 fully saturated rings. The molecule has 2 amide bonds. The summed E-state index contributed by atoms with van der Waals surface area (Å²) in [5.41, 5.74) is -1.86. The van der Waals surface area contributed by atoms with Crippen molar-refractivity contribution in [2.75, 3.05) is 35.9 Å². The Kier molecular flexibility index (Phi) is 11.5. The molecule has 0 aliphatic carbocycles. The van der Waals surface area contributed by atoms with Crippen molar-refractivity contribution in [1.82, 2.24) is 15.1 Å². The van der Waals surface area contributed by atoms with Crippen LogP contribution in [-0.4, -0.2) is 74.4 Å². The highest BCUT2D eigenvalue weighted by Crippen LogP contribution is 2.40. The number of ether oxygens (including phenoxy) is 4. The Morgan fingerprint density at radius 3 is 2.50 bits per heavy atom. The maximum absolute atomic E-state index is 14.3. The molecule has 1 aromatic heterocycles. The normalized spacial score (nSPS) is 14.9. The Morgan fingerprint density at radius 1 is 1.10 bits per heavy atom. The number of fused-ring (bicyclic) bond motifs is 1. The minimum Gasteiger partial charge on any atom is -0.484 e. The van der Waals surface area contributed by atoms with Crippen molar-refractivity contribution in [2.24, 2.45) is 0 Å². The number of halogens is 3. The van der Waals surface area contributed by atoms with Crippen LogP contribution in [0.2, 0.25) is 0 Å². The van der Waals surface area contributed by atoms with Crippen molar-refractivity contribution in [2.45, 2.75) is 70.0 Å². The van der Waals surface area contributed by atoms with Gasteiger partial charge in [-0.2, -0.15) is 13.2 Å². The van der Waals surface area contributed by atoms with E-state index in [0.29, 0.717) is 40.0 Å². The molecule has 2 N–H and O–H groups in total. The van der Waals surface area contributed by atoms with E-state index >= 15 is 0 Å². The van der Waals surface area contributed by atoms with Crippen LogP contribution in [0.3, 0.4) is 0 Å². The summed E-state index contributed by atoms with van der Waals surface area (Å²) >= 11 is 0. The summed E-state index contributed by atoms with van der Waals surface area (Å²) in [5, 5.41) is 9.11. The highest BCUT2D eigenvalue weighted by atomic mass is 32.2. The van der Waals surface area contributed by atoms with Gasteiger partial charge >= 0.3 is 12.3 Å². The van der Waals surface area contributed by atoms with E-state index < -0.39 is 34.0 Å². The molecule has 0 saturated heterocycles. The third-order valence-electron chi connectivity index (χ3n) is 7.12. The molecule has 0 radical (unpaired) electrons. The third kappa shape index (κ3) is 9.09. The topological polar surface area (TPSA) is 150 Å². The SMILES string of the molecule is CCn1cc(S(=O)(=O)N2CC(CNC(C)=O)Oc3ccc(NC(=O)OC(C)(C)C(F)(F)F)cc32)c(OCCCOCc2ccccc2)n1. The molecular formula is C31H38F3N5O8S. The van der Waals surface area contributed by atoms with Crippen molar-refractivity contribution in [3.05, 3.63) is 60.3 Å². The fraction of sp³-hybridized carbons (Fsp3) is 0.452. The number of hydrogen-bond donors (Lipinski definition) is 2. The number of rotatable bonds is 14. The van der Waals surface area contributed by atoms with E-state index in [1.807, 2.05) is 30.3 Å². The van der Waals surface area contributed by atoms with Gasteiger partial charge in [0.15, 0.2) is 4.90 Å². The van der Waals surface area contributed by atoms with Gasteiger partial charge in [0, 0.05) is 31.8 Å². The fourth-order valence-corrected chi connectivity index (χ4v) is 6.03. The van der Waals surface area contributed by atoms with Crippen LogP contribution in [0.5, 0.6) is 11.6 Å². The van der Waals surface area contributed by atoms with Gasteiger partial charge < -0.3 is 24.3 Å². The predicted octanol–water partition coefficient (Wildman–Crippen LogP) is 4.87. The maximum atomic E-state index is 14.3. The van der Waals surface area contributed by atoms with Gasteiger partial charge in [0.1, 0.15) is 11.9 Å². The highest BCUT2D eigenvalue weighted by Gasteiger charge is 2.51. The zero-order valence-electron chi connectivity index (χ0n) is 26.9. The minimum atomic E-state index is -4.83. The summed E-state index contributed by atoms with van der Waals surface area (Å²) in [6, 6.07) is 13.5. The minimum absolute atomic E-state index is 0.0218. The van der Waals surface area contributed by atoms with Crippen molar-refractivity contribution >= 4 is 33.4 Å². The number of carbonyl (C=O) groups excluding carboxylic acids is 2. The number of alkyl halides is 3. The standard InChI is InChI=1S/C31H38F3N5O8S/c1-5-38-19-27(28(37-38)45-15-9-14-44-20-22-10-7-6-8-11-22)48(42,43)39-18-24(17-35-21(2)40)46-26-13-12-23(16-25(26)39)36-29(41)47-30(3,4)31(32,33)34/h6-8,10-13,16,19,24H,5,9,14-15,17-18,20H2,1-4H3,(H,35,40)(H,36,41). The maximum Gasteiger partial charge on any atom is 0.427 e. The summed E-state index contributed by atoms with van der Waals surface area (Å²) in [7, 11) is -4.44. The number of amides is 2.